The van der Waals surface area contributed by atoms with Crippen molar-refractivity contribution < 1.29 is 9.53 Å². The number of nitrogens with two attached hydrogens (primary N) is 1. The van der Waals surface area contributed by atoms with Gasteiger partial charge in [-0.15, -0.1) is 0 Å². The van der Waals surface area contributed by atoms with Gasteiger partial charge in [-0.25, -0.2) is 4.79 Å². The number of nitrogens with one attached hydrogen (secondary N) is 2. The van der Waals surface area contributed by atoms with E-state index in [1.165, 1.54) is 7.11 Å². The van der Waals surface area contributed by atoms with Gasteiger partial charge in [0.25, 0.3) is 0 Å². The number of ether oxygens (including phenoxy) is 1. The van der Waals surface area contributed by atoms with Gasteiger partial charge in [0.05, 0.1) is 7.11 Å². The first-order valence-corrected chi connectivity index (χ1v) is 5.67. The molecule has 0 amide bonds. The van der Waals surface area contributed by atoms with Crippen LogP contribution in [0.4, 0.5) is 0 Å². The van der Waals surface area contributed by atoms with Gasteiger partial charge in [-0.2, -0.15) is 0 Å². The first kappa shape index (κ1) is 14.0. The Hall–Kier alpha value is -2.04. The molecule has 1 rings (SSSR count). The summed E-state index contributed by atoms with van der Waals surface area (Å²) >= 11 is 0. The Morgan fingerprint density at radius 1 is 1.44 bits per heavy atom. The van der Waals surface area contributed by atoms with Gasteiger partial charge in [0.15, 0.2) is 0 Å². The fourth-order valence-electron chi connectivity index (χ4n) is 1.59. The minimum Gasteiger partial charge on any atom is -0.464 e. The molecule has 1 aliphatic carbocycles. The van der Waals surface area contributed by atoms with Crippen LogP contribution in [-0.2, 0) is 9.53 Å². The summed E-state index contributed by atoms with van der Waals surface area (Å²) in [7, 11) is 1.28. The van der Waals surface area contributed by atoms with Crippen LogP contribution >= 0.6 is 0 Å². The minimum atomic E-state index is -0.579. The smallest absolute Gasteiger partial charge is 0.355 e. The Morgan fingerprint density at radius 3 is 2.33 bits per heavy atom. The molecule has 0 aromatic carbocycles. The molecular weight excluding hydrogens is 230 g/mol. The first-order valence-electron chi connectivity index (χ1n) is 5.67. The van der Waals surface area contributed by atoms with Gasteiger partial charge >= 0.3 is 5.97 Å². The number of methoxy groups -OCH3 is 1. The van der Waals surface area contributed by atoms with Crippen molar-refractivity contribution in [3.8, 4) is 0 Å². The lowest BCUT2D eigenvalue weighted by molar-refractivity contribution is -0.136. The van der Waals surface area contributed by atoms with Gasteiger partial charge in [0.1, 0.15) is 11.5 Å². The Morgan fingerprint density at radius 2 is 2.00 bits per heavy atom. The fraction of sp³-hybridized carbons (Fsp3) is 0.385. The standard InChI is InChI=1S/C13H19N3O2/c1-7(2)10(12(14)15)11(13(17)18-4)16-8(3)9-5-6-9/h9,16H,1,3,5-6H2,2,4H3,(H3,14,15). The predicted molar refractivity (Wildman–Crippen MR) is 70.8 cm³/mol. The summed E-state index contributed by atoms with van der Waals surface area (Å²) in [4.78, 5) is 11.8. The van der Waals surface area contributed by atoms with Crippen LogP contribution in [-0.4, -0.2) is 18.9 Å². The average molecular weight is 249 g/mol. The number of hydrogen-bond acceptors (Lipinski definition) is 4. The van der Waals surface area contributed by atoms with Crippen LogP contribution in [0.2, 0.25) is 0 Å². The van der Waals surface area contributed by atoms with Crippen molar-refractivity contribution >= 4 is 11.8 Å². The van der Waals surface area contributed by atoms with E-state index in [1.807, 2.05) is 0 Å². The number of allylic oxidation sites excluding steroid dienone is 1. The van der Waals surface area contributed by atoms with Crippen molar-refractivity contribution in [2.24, 2.45) is 11.7 Å². The lowest BCUT2D eigenvalue weighted by Gasteiger charge is -2.16. The molecule has 1 aliphatic rings. The zero-order chi connectivity index (χ0) is 13.9. The summed E-state index contributed by atoms with van der Waals surface area (Å²) in [6.45, 7) is 9.29. The summed E-state index contributed by atoms with van der Waals surface area (Å²) in [5.74, 6) is -0.424. The van der Waals surface area contributed by atoms with E-state index in [4.69, 9.17) is 15.9 Å². The number of esters is 1. The first-order chi connectivity index (χ1) is 8.38. The molecule has 1 saturated carbocycles. The van der Waals surface area contributed by atoms with Crippen molar-refractivity contribution in [1.29, 1.82) is 5.41 Å². The molecule has 1 fully saturated rings. The molecule has 0 bridgehead atoms. The number of hydrogen-bond donors (Lipinski definition) is 3. The van der Waals surface area contributed by atoms with Crippen LogP contribution in [0, 0.1) is 11.3 Å². The highest BCUT2D eigenvalue weighted by atomic mass is 16.5. The molecule has 5 heteroatoms. The fourth-order valence-corrected chi connectivity index (χ4v) is 1.59. The monoisotopic (exact) mass is 249 g/mol. The average Bonchev–Trinajstić information content (AvgIpc) is 3.09. The van der Waals surface area contributed by atoms with E-state index in [1.54, 1.807) is 6.92 Å². The van der Waals surface area contributed by atoms with Gasteiger partial charge in [-0.3, -0.25) is 5.41 Å². The molecule has 4 N–H and O–H groups in total. The SMILES string of the molecule is C=C(C)C(C(=N)N)=C(NC(=C)C1CC1)C(=O)OC. The van der Waals surface area contributed by atoms with Crippen LogP contribution in [0.25, 0.3) is 0 Å². The van der Waals surface area contributed by atoms with Crippen LogP contribution in [0.3, 0.4) is 0 Å². The van der Waals surface area contributed by atoms with Crippen molar-refractivity contribution in [3.05, 3.63) is 35.7 Å². The summed E-state index contributed by atoms with van der Waals surface area (Å²) in [5, 5.41) is 10.5. The maximum atomic E-state index is 11.8. The van der Waals surface area contributed by atoms with Crippen LogP contribution in [0.1, 0.15) is 19.8 Å². The molecule has 0 unspecified atom stereocenters. The lowest BCUT2D eigenvalue weighted by Crippen LogP contribution is -2.28. The zero-order valence-corrected chi connectivity index (χ0v) is 10.8. The number of amidine groups is 1. The Balaban J connectivity index is 3.11. The third kappa shape index (κ3) is 3.23. The van der Waals surface area contributed by atoms with Crippen LogP contribution in [0.15, 0.2) is 35.7 Å². The lowest BCUT2D eigenvalue weighted by atomic mass is 10.1. The molecule has 0 heterocycles. The molecule has 0 aliphatic heterocycles. The largest absolute Gasteiger partial charge is 0.464 e. The summed E-state index contributed by atoms with van der Waals surface area (Å²) < 4.78 is 4.70. The number of rotatable bonds is 6. The predicted octanol–water partition coefficient (Wildman–Crippen LogP) is 1.44. The topological polar surface area (TPSA) is 88.2 Å². The van der Waals surface area contributed by atoms with E-state index in [0.717, 1.165) is 18.5 Å². The van der Waals surface area contributed by atoms with Crippen molar-refractivity contribution in [3.63, 3.8) is 0 Å². The highest BCUT2D eigenvalue weighted by molar-refractivity contribution is 6.06. The summed E-state index contributed by atoms with van der Waals surface area (Å²) in [6.07, 6.45) is 2.12. The second-order valence-corrected chi connectivity index (χ2v) is 4.36. The van der Waals surface area contributed by atoms with Crippen LogP contribution < -0.4 is 11.1 Å². The second kappa shape index (κ2) is 5.53. The molecule has 0 saturated heterocycles. The molecule has 0 aromatic heterocycles. The quantitative estimate of drug-likeness (QED) is 0.218. The minimum absolute atomic E-state index is 0.134. The van der Waals surface area contributed by atoms with Gasteiger partial charge in [-0.05, 0) is 31.3 Å². The number of carbonyl (C=O) groups is 1. The second-order valence-electron chi connectivity index (χ2n) is 4.36. The van der Waals surface area contributed by atoms with E-state index < -0.39 is 5.97 Å². The maximum Gasteiger partial charge on any atom is 0.355 e. The zero-order valence-electron chi connectivity index (χ0n) is 10.8. The van der Waals surface area contributed by atoms with Gasteiger partial charge < -0.3 is 15.8 Å². The van der Waals surface area contributed by atoms with E-state index >= 15 is 0 Å². The molecule has 0 spiro atoms. The highest BCUT2D eigenvalue weighted by Gasteiger charge is 2.28. The van der Waals surface area contributed by atoms with E-state index in [9.17, 15) is 4.79 Å². The van der Waals surface area contributed by atoms with E-state index in [-0.39, 0.29) is 17.1 Å². The van der Waals surface area contributed by atoms with Gasteiger partial charge in [0, 0.05) is 11.3 Å². The molecule has 98 valence electrons. The third-order valence-corrected chi connectivity index (χ3v) is 2.69. The van der Waals surface area contributed by atoms with Gasteiger partial charge in [0.2, 0.25) is 0 Å². The van der Waals surface area contributed by atoms with Gasteiger partial charge in [-0.1, -0.05) is 13.2 Å². The Bertz CT molecular complexity index is 429. The van der Waals surface area contributed by atoms with Crippen LogP contribution in [0.5, 0.6) is 0 Å². The molecule has 18 heavy (non-hydrogen) atoms. The Labute approximate surface area is 107 Å². The molecule has 0 aromatic rings. The van der Waals surface area contributed by atoms with E-state index in [0.29, 0.717) is 11.5 Å². The summed E-state index contributed by atoms with van der Waals surface area (Å²) in [5.41, 5.74) is 7.16. The maximum absolute atomic E-state index is 11.8. The van der Waals surface area contributed by atoms with E-state index in [2.05, 4.69) is 18.5 Å². The summed E-state index contributed by atoms with van der Waals surface area (Å²) in [6, 6.07) is 0. The van der Waals surface area contributed by atoms with Crippen molar-refractivity contribution in [2.45, 2.75) is 19.8 Å². The molecule has 0 radical (unpaired) electrons. The highest BCUT2D eigenvalue weighted by Crippen LogP contribution is 2.34. The van der Waals surface area contributed by atoms with Crippen molar-refractivity contribution in [1.82, 2.24) is 5.32 Å². The third-order valence-electron chi connectivity index (χ3n) is 2.69. The Kier molecular flexibility index (Phi) is 4.31. The molecule has 0 atom stereocenters. The number of carbonyl (C=O) groups excluding carboxylic acids is 1. The molecule has 5 nitrogen and oxygen atoms in total. The normalized spacial score (nSPS) is 15.4. The van der Waals surface area contributed by atoms with Crippen molar-refractivity contribution in [2.75, 3.05) is 7.11 Å². The molecular formula is C13H19N3O2.